The van der Waals surface area contributed by atoms with Crippen LogP contribution in [0.5, 0.6) is 0 Å². The van der Waals surface area contributed by atoms with Crippen LogP contribution >= 0.6 is 0 Å². The maximum Gasteiger partial charge on any atom is 0.261 e. The summed E-state index contributed by atoms with van der Waals surface area (Å²) >= 11 is 0. The fraction of sp³-hybridized carbons (Fsp3) is 0.310. The van der Waals surface area contributed by atoms with Gasteiger partial charge in [-0.25, -0.2) is 4.98 Å². The van der Waals surface area contributed by atoms with E-state index in [0.29, 0.717) is 48.2 Å². The Hall–Kier alpha value is -3.80. The Bertz CT molecular complexity index is 1350. The fourth-order valence-corrected chi connectivity index (χ4v) is 4.52. The zero-order valence-corrected chi connectivity index (χ0v) is 20.6. The molecule has 0 aliphatic heterocycles. The number of nitrogens with zero attached hydrogens (tertiary/aromatic N) is 4. The predicted octanol–water partition coefficient (Wildman–Crippen LogP) is 5.21. The molecule has 1 atom stereocenters. The fourth-order valence-electron chi connectivity index (χ4n) is 4.52. The first-order valence-corrected chi connectivity index (χ1v) is 12.4. The quantitative estimate of drug-likeness (QED) is 0.338. The second-order valence-corrected chi connectivity index (χ2v) is 8.58. The van der Waals surface area contributed by atoms with Crippen molar-refractivity contribution < 1.29 is 4.79 Å². The van der Waals surface area contributed by atoms with E-state index in [0.717, 1.165) is 12.1 Å². The highest BCUT2D eigenvalue weighted by atomic mass is 16.2. The summed E-state index contributed by atoms with van der Waals surface area (Å²) in [6.07, 6.45) is 3.92. The monoisotopic (exact) mass is 468 g/mol. The molecule has 0 saturated heterocycles. The lowest BCUT2D eigenvalue weighted by Crippen LogP contribution is -2.40. The number of hydrogen-bond donors (Lipinski definition) is 0. The van der Waals surface area contributed by atoms with E-state index in [2.05, 4.69) is 11.9 Å². The van der Waals surface area contributed by atoms with Gasteiger partial charge in [0.25, 0.3) is 11.5 Å². The van der Waals surface area contributed by atoms with E-state index in [-0.39, 0.29) is 17.5 Å². The van der Waals surface area contributed by atoms with E-state index in [4.69, 9.17) is 4.98 Å². The molecule has 0 aliphatic rings. The van der Waals surface area contributed by atoms with Crippen LogP contribution in [0.3, 0.4) is 0 Å². The molecule has 4 rings (SSSR count). The summed E-state index contributed by atoms with van der Waals surface area (Å²) in [7, 11) is 0. The van der Waals surface area contributed by atoms with Gasteiger partial charge in [0.1, 0.15) is 5.82 Å². The van der Waals surface area contributed by atoms with Crippen LogP contribution < -0.4 is 5.56 Å². The molecule has 2 aromatic carbocycles. The second kappa shape index (κ2) is 11.1. The van der Waals surface area contributed by atoms with Crippen molar-refractivity contribution in [3.05, 3.63) is 106 Å². The third kappa shape index (κ3) is 5.16. The summed E-state index contributed by atoms with van der Waals surface area (Å²) in [5.41, 5.74) is 3.31. The van der Waals surface area contributed by atoms with E-state index in [1.807, 2.05) is 79.4 Å². The van der Waals surface area contributed by atoms with E-state index in [1.54, 1.807) is 16.8 Å². The number of aryl methyl sites for hydroxylation is 1. The van der Waals surface area contributed by atoms with Gasteiger partial charge in [-0.15, -0.1) is 0 Å². The van der Waals surface area contributed by atoms with E-state index in [9.17, 15) is 9.59 Å². The Morgan fingerprint density at radius 3 is 2.37 bits per heavy atom. The number of benzene rings is 2. The van der Waals surface area contributed by atoms with Crippen molar-refractivity contribution in [3.63, 3.8) is 0 Å². The van der Waals surface area contributed by atoms with Crippen LogP contribution in [0.25, 0.3) is 10.9 Å². The first kappa shape index (κ1) is 24.3. The molecule has 35 heavy (non-hydrogen) atoms. The number of pyridine rings is 1. The molecule has 6 heteroatoms. The molecule has 0 aliphatic carbocycles. The van der Waals surface area contributed by atoms with E-state index in [1.165, 1.54) is 5.56 Å². The number of para-hydroxylation sites is 1. The minimum absolute atomic E-state index is 0.0690. The molecule has 6 nitrogen and oxygen atoms in total. The van der Waals surface area contributed by atoms with E-state index < -0.39 is 0 Å². The Morgan fingerprint density at radius 1 is 0.971 bits per heavy atom. The van der Waals surface area contributed by atoms with Gasteiger partial charge in [0.15, 0.2) is 0 Å². The summed E-state index contributed by atoms with van der Waals surface area (Å²) in [6, 6.07) is 20.6. The molecule has 2 heterocycles. The average molecular weight is 469 g/mol. The number of carbonyl (C=O) groups is 1. The normalized spacial score (nSPS) is 12.0. The largest absolute Gasteiger partial charge is 0.328 e. The van der Waals surface area contributed by atoms with Crippen molar-refractivity contribution in [1.82, 2.24) is 19.4 Å². The van der Waals surface area contributed by atoms with Gasteiger partial charge in [-0.2, -0.15) is 0 Å². The minimum atomic E-state index is -0.352. The van der Waals surface area contributed by atoms with Gasteiger partial charge in [-0.05, 0) is 61.7 Å². The summed E-state index contributed by atoms with van der Waals surface area (Å²) in [6.45, 7) is 7.02. The van der Waals surface area contributed by atoms with Crippen molar-refractivity contribution in [2.24, 2.45) is 0 Å². The average Bonchev–Trinajstić information content (AvgIpc) is 2.91. The molecule has 4 aromatic rings. The van der Waals surface area contributed by atoms with Crippen LogP contribution in [-0.4, -0.2) is 31.9 Å². The van der Waals surface area contributed by atoms with Crippen molar-refractivity contribution >= 4 is 16.8 Å². The van der Waals surface area contributed by atoms with Gasteiger partial charge in [0.2, 0.25) is 0 Å². The summed E-state index contributed by atoms with van der Waals surface area (Å²) in [4.78, 5) is 38.4. The smallest absolute Gasteiger partial charge is 0.261 e. The molecule has 0 radical (unpaired) electrons. The zero-order valence-electron chi connectivity index (χ0n) is 20.6. The number of rotatable bonds is 9. The van der Waals surface area contributed by atoms with Gasteiger partial charge in [0, 0.05) is 37.0 Å². The predicted molar refractivity (Wildman–Crippen MR) is 140 cm³/mol. The number of amides is 1. The van der Waals surface area contributed by atoms with Gasteiger partial charge in [-0.3, -0.25) is 19.1 Å². The van der Waals surface area contributed by atoms with Gasteiger partial charge < -0.3 is 4.90 Å². The van der Waals surface area contributed by atoms with Crippen LogP contribution in [0.15, 0.2) is 77.7 Å². The van der Waals surface area contributed by atoms with Crippen LogP contribution in [-0.2, 0) is 19.4 Å². The van der Waals surface area contributed by atoms with Crippen LogP contribution in [0.4, 0.5) is 0 Å². The van der Waals surface area contributed by atoms with Crippen LogP contribution in [0, 0.1) is 0 Å². The molecule has 0 saturated carbocycles. The Labute approximate surface area is 206 Å². The Morgan fingerprint density at radius 2 is 1.71 bits per heavy atom. The molecule has 0 N–H and O–H groups in total. The van der Waals surface area contributed by atoms with Crippen LogP contribution in [0.2, 0.25) is 0 Å². The third-order valence-electron chi connectivity index (χ3n) is 6.47. The first-order valence-electron chi connectivity index (χ1n) is 12.4. The third-order valence-corrected chi connectivity index (χ3v) is 6.47. The molecule has 1 amide bonds. The van der Waals surface area contributed by atoms with Gasteiger partial charge >= 0.3 is 0 Å². The molecule has 2 aromatic heterocycles. The lowest BCUT2D eigenvalue weighted by Gasteiger charge is -2.32. The highest BCUT2D eigenvalue weighted by Crippen LogP contribution is 2.26. The number of fused-ring (bicyclic) bond motifs is 1. The number of carbonyl (C=O) groups excluding carboxylic acids is 1. The van der Waals surface area contributed by atoms with Gasteiger partial charge in [0.05, 0.1) is 16.9 Å². The Balaban J connectivity index is 1.79. The maximum absolute atomic E-state index is 13.9. The SMILES string of the molecule is CCc1ccc(C(=O)N(CCc2ccccn2)C(CC)c2nc3ccccc3c(=O)n2CC)cc1. The topological polar surface area (TPSA) is 68.1 Å². The lowest BCUT2D eigenvalue weighted by molar-refractivity contribution is 0.0659. The molecule has 1 unspecified atom stereocenters. The number of aromatic nitrogens is 3. The summed E-state index contributed by atoms with van der Waals surface area (Å²) in [5.74, 6) is 0.554. The summed E-state index contributed by atoms with van der Waals surface area (Å²) in [5, 5.41) is 0.592. The number of hydrogen-bond acceptors (Lipinski definition) is 4. The standard InChI is InChI=1S/C29H32N4O2/c1-4-21-14-16-22(17-15-21)28(34)33(20-18-23-11-9-10-19-30-23)26(5-2)27-31-25-13-8-7-12-24(25)29(35)32(27)6-3/h7-17,19,26H,4-6,18,20H2,1-3H3. The maximum atomic E-state index is 13.9. The summed E-state index contributed by atoms with van der Waals surface area (Å²) < 4.78 is 1.71. The molecule has 0 spiro atoms. The van der Waals surface area contributed by atoms with Crippen molar-refractivity contribution in [1.29, 1.82) is 0 Å². The highest BCUT2D eigenvalue weighted by molar-refractivity contribution is 5.94. The highest BCUT2D eigenvalue weighted by Gasteiger charge is 2.29. The second-order valence-electron chi connectivity index (χ2n) is 8.58. The molecule has 0 fully saturated rings. The minimum Gasteiger partial charge on any atom is -0.328 e. The Kier molecular flexibility index (Phi) is 7.70. The molecular formula is C29H32N4O2. The van der Waals surface area contributed by atoms with Crippen molar-refractivity contribution in [2.45, 2.75) is 52.6 Å². The lowest BCUT2D eigenvalue weighted by atomic mass is 10.1. The van der Waals surface area contributed by atoms with Crippen molar-refractivity contribution in [2.75, 3.05) is 6.54 Å². The molecule has 180 valence electrons. The first-order chi connectivity index (χ1) is 17.1. The molecular weight excluding hydrogens is 436 g/mol. The van der Waals surface area contributed by atoms with E-state index >= 15 is 0 Å². The van der Waals surface area contributed by atoms with Crippen LogP contribution in [0.1, 0.15) is 60.7 Å². The zero-order chi connectivity index (χ0) is 24.8. The van der Waals surface area contributed by atoms with Gasteiger partial charge in [-0.1, -0.05) is 44.2 Å². The molecule has 0 bridgehead atoms. The van der Waals surface area contributed by atoms with Crippen molar-refractivity contribution in [3.8, 4) is 0 Å².